The lowest BCUT2D eigenvalue weighted by Gasteiger charge is -2.21. The molecule has 17 heavy (non-hydrogen) atoms. The molecule has 2 rings (SSSR count). The predicted molar refractivity (Wildman–Crippen MR) is 64.7 cm³/mol. The second kappa shape index (κ2) is 5.27. The van der Waals surface area contributed by atoms with Gasteiger partial charge in [-0.1, -0.05) is 17.7 Å². The van der Waals surface area contributed by atoms with Crippen LogP contribution in [0.1, 0.15) is 12.8 Å². The molecule has 1 aromatic rings. The van der Waals surface area contributed by atoms with Crippen molar-refractivity contribution in [3.05, 3.63) is 29.3 Å². The lowest BCUT2D eigenvalue weighted by Crippen LogP contribution is -2.37. The van der Waals surface area contributed by atoms with Crippen LogP contribution < -0.4 is 4.74 Å². The Morgan fingerprint density at radius 3 is 3.12 bits per heavy atom. The Hall–Kier alpha value is -1.42. The molecule has 1 aliphatic heterocycles. The van der Waals surface area contributed by atoms with Crippen molar-refractivity contribution >= 4 is 17.7 Å². The Kier molecular flexibility index (Phi) is 3.74. The number of ether oxygens (including phenoxy) is 1. The lowest BCUT2D eigenvalue weighted by atomic mass is 10.2. The molecule has 1 atom stereocenters. The van der Waals surface area contributed by atoms with Gasteiger partial charge in [0, 0.05) is 11.6 Å². The second-order valence-electron chi connectivity index (χ2n) is 4.04. The maximum absolute atomic E-state index is 10.9. The van der Waals surface area contributed by atoms with E-state index in [2.05, 4.69) is 0 Å². The molecule has 92 valence electrons. The Balaban J connectivity index is 1.91. The number of hydrogen-bond acceptors (Lipinski definition) is 2. The predicted octanol–water partition coefficient (Wildman–Crippen LogP) is 2.86. The van der Waals surface area contributed by atoms with Crippen LogP contribution in [0.15, 0.2) is 24.3 Å². The van der Waals surface area contributed by atoms with Crippen molar-refractivity contribution in [3.63, 3.8) is 0 Å². The van der Waals surface area contributed by atoms with Crippen LogP contribution in [0.25, 0.3) is 0 Å². The summed E-state index contributed by atoms with van der Waals surface area (Å²) >= 11 is 5.83. The summed E-state index contributed by atoms with van der Waals surface area (Å²) in [6.45, 7) is 0.978. The van der Waals surface area contributed by atoms with E-state index >= 15 is 0 Å². The molecule has 1 N–H and O–H groups in total. The first-order valence-electron chi connectivity index (χ1n) is 5.55. The van der Waals surface area contributed by atoms with Gasteiger partial charge in [0.15, 0.2) is 0 Å². The van der Waals surface area contributed by atoms with Gasteiger partial charge in [-0.2, -0.15) is 0 Å². The molecule has 0 aliphatic carbocycles. The van der Waals surface area contributed by atoms with Gasteiger partial charge in [0.25, 0.3) is 0 Å². The number of nitrogens with zero attached hydrogens (tertiary/aromatic N) is 1. The minimum absolute atomic E-state index is 0.0496. The monoisotopic (exact) mass is 255 g/mol. The van der Waals surface area contributed by atoms with Gasteiger partial charge in [-0.15, -0.1) is 0 Å². The molecule has 0 unspecified atom stereocenters. The van der Waals surface area contributed by atoms with E-state index in [0.29, 0.717) is 23.9 Å². The number of hydrogen-bond donors (Lipinski definition) is 1. The summed E-state index contributed by atoms with van der Waals surface area (Å²) in [4.78, 5) is 12.4. The van der Waals surface area contributed by atoms with E-state index in [1.54, 1.807) is 18.2 Å². The van der Waals surface area contributed by atoms with Gasteiger partial charge in [-0.3, -0.25) is 0 Å². The molecule has 1 heterocycles. The Morgan fingerprint density at radius 2 is 2.41 bits per heavy atom. The molecule has 1 aliphatic rings. The third-order valence-corrected chi connectivity index (χ3v) is 3.10. The van der Waals surface area contributed by atoms with Gasteiger partial charge in [-0.25, -0.2) is 4.79 Å². The van der Waals surface area contributed by atoms with Crippen LogP contribution in [0, 0.1) is 0 Å². The van der Waals surface area contributed by atoms with E-state index in [4.69, 9.17) is 21.4 Å². The molecule has 0 spiro atoms. The molecule has 5 heteroatoms. The van der Waals surface area contributed by atoms with E-state index in [0.717, 1.165) is 12.8 Å². The molecule has 0 radical (unpaired) electrons. The van der Waals surface area contributed by atoms with Crippen molar-refractivity contribution in [2.45, 2.75) is 18.9 Å². The fourth-order valence-electron chi connectivity index (χ4n) is 2.01. The van der Waals surface area contributed by atoms with Gasteiger partial charge in [-0.05, 0) is 31.0 Å². The van der Waals surface area contributed by atoms with Crippen molar-refractivity contribution in [1.29, 1.82) is 0 Å². The largest absolute Gasteiger partial charge is 0.491 e. The van der Waals surface area contributed by atoms with Crippen molar-refractivity contribution in [2.24, 2.45) is 0 Å². The zero-order chi connectivity index (χ0) is 12.3. The smallest absolute Gasteiger partial charge is 0.407 e. The Labute approximate surface area is 105 Å². The number of rotatable bonds is 3. The first-order valence-corrected chi connectivity index (χ1v) is 5.92. The summed E-state index contributed by atoms with van der Waals surface area (Å²) < 4.78 is 5.56. The minimum atomic E-state index is -0.873. The summed E-state index contributed by atoms with van der Waals surface area (Å²) in [5.41, 5.74) is 0. The zero-order valence-corrected chi connectivity index (χ0v) is 10.1. The quantitative estimate of drug-likeness (QED) is 0.904. The zero-order valence-electron chi connectivity index (χ0n) is 9.30. The molecule has 1 aromatic carbocycles. The molecule has 1 saturated heterocycles. The van der Waals surface area contributed by atoms with Gasteiger partial charge in [0.2, 0.25) is 0 Å². The fourth-order valence-corrected chi connectivity index (χ4v) is 2.19. The van der Waals surface area contributed by atoms with Gasteiger partial charge in [0.05, 0.1) is 6.04 Å². The molecule has 4 nitrogen and oxygen atoms in total. The number of halogens is 1. The van der Waals surface area contributed by atoms with Crippen LogP contribution in [-0.2, 0) is 0 Å². The Morgan fingerprint density at radius 1 is 1.59 bits per heavy atom. The molecule has 0 saturated carbocycles. The summed E-state index contributed by atoms with van der Waals surface area (Å²) in [6.07, 6.45) is 0.880. The number of carbonyl (C=O) groups is 1. The molecular weight excluding hydrogens is 242 g/mol. The van der Waals surface area contributed by atoms with Crippen LogP contribution in [-0.4, -0.2) is 35.3 Å². The van der Waals surface area contributed by atoms with Crippen molar-refractivity contribution in [1.82, 2.24) is 4.90 Å². The molecule has 0 aromatic heterocycles. The van der Waals surface area contributed by atoms with E-state index in [-0.39, 0.29) is 6.04 Å². The van der Waals surface area contributed by atoms with Crippen LogP contribution in [0.4, 0.5) is 4.79 Å². The minimum Gasteiger partial charge on any atom is -0.491 e. The summed E-state index contributed by atoms with van der Waals surface area (Å²) in [6, 6.07) is 7.06. The summed E-state index contributed by atoms with van der Waals surface area (Å²) in [5.74, 6) is 0.676. The highest BCUT2D eigenvalue weighted by molar-refractivity contribution is 6.30. The maximum atomic E-state index is 10.9. The second-order valence-corrected chi connectivity index (χ2v) is 4.48. The number of carboxylic acid groups (broad SMARTS) is 1. The first kappa shape index (κ1) is 12.0. The molecular formula is C12H14ClNO3. The number of benzene rings is 1. The molecule has 1 amide bonds. The fraction of sp³-hybridized carbons (Fsp3) is 0.417. The summed E-state index contributed by atoms with van der Waals surface area (Å²) in [7, 11) is 0. The highest BCUT2D eigenvalue weighted by atomic mass is 35.5. The lowest BCUT2D eigenvalue weighted by molar-refractivity contribution is 0.123. The van der Waals surface area contributed by atoms with Crippen LogP contribution in [0.5, 0.6) is 5.75 Å². The van der Waals surface area contributed by atoms with Gasteiger partial charge < -0.3 is 14.7 Å². The Bertz CT molecular complexity index is 410. The summed E-state index contributed by atoms with van der Waals surface area (Å²) in [5, 5.41) is 9.59. The van der Waals surface area contributed by atoms with Crippen LogP contribution in [0.3, 0.4) is 0 Å². The number of amides is 1. The highest BCUT2D eigenvalue weighted by Crippen LogP contribution is 2.21. The maximum Gasteiger partial charge on any atom is 0.407 e. The van der Waals surface area contributed by atoms with E-state index < -0.39 is 6.09 Å². The van der Waals surface area contributed by atoms with E-state index in [9.17, 15) is 4.79 Å². The highest BCUT2D eigenvalue weighted by Gasteiger charge is 2.28. The van der Waals surface area contributed by atoms with Crippen LogP contribution in [0.2, 0.25) is 5.02 Å². The van der Waals surface area contributed by atoms with Crippen LogP contribution >= 0.6 is 11.6 Å². The van der Waals surface area contributed by atoms with E-state index in [1.807, 2.05) is 6.07 Å². The van der Waals surface area contributed by atoms with Crippen molar-refractivity contribution in [3.8, 4) is 5.75 Å². The molecule has 1 fully saturated rings. The van der Waals surface area contributed by atoms with Gasteiger partial charge >= 0.3 is 6.09 Å². The van der Waals surface area contributed by atoms with Crippen molar-refractivity contribution < 1.29 is 14.6 Å². The topological polar surface area (TPSA) is 49.8 Å². The standard InChI is InChI=1S/C12H14ClNO3/c13-9-3-1-5-11(7-9)17-8-10-4-2-6-14(10)12(15)16/h1,3,5,7,10H,2,4,6,8H2,(H,15,16)/t10-/m0/s1. The van der Waals surface area contributed by atoms with E-state index in [1.165, 1.54) is 4.90 Å². The SMILES string of the molecule is O=C(O)N1CCC[C@H]1COc1cccc(Cl)c1. The normalized spacial score (nSPS) is 19.4. The van der Waals surface area contributed by atoms with Crippen molar-refractivity contribution in [2.75, 3.05) is 13.2 Å². The van der Waals surface area contributed by atoms with Gasteiger partial charge in [0.1, 0.15) is 12.4 Å². The average molecular weight is 256 g/mol. The molecule has 0 bridgehead atoms. The first-order chi connectivity index (χ1) is 8.16. The number of likely N-dealkylation sites (tertiary alicyclic amines) is 1. The third kappa shape index (κ3) is 3.03. The third-order valence-electron chi connectivity index (χ3n) is 2.86. The average Bonchev–Trinajstić information content (AvgIpc) is 2.74.